The summed E-state index contributed by atoms with van der Waals surface area (Å²) < 4.78 is 10.9. The molecule has 0 aliphatic heterocycles. The summed E-state index contributed by atoms with van der Waals surface area (Å²) in [5.74, 6) is 1.23. The number of carbonyl (C=O) groups excluding carboxylic acids is 1. The van der Waals surface area contributed by atoms with Crippen LogP contribution in [0.5, 0.6) is 5.75 Å². The molecule has 1 amide bonds. The zero-order chi connectivity index (χ0) is 25.0. The lowest BCUT2D eigenvalue weighted by Gasteiger charge is -2.20. The van der Waals surface area contributed by atoms with E-state index in [0.717, 1.165) is 22.0 Å². The van der Waals surface area contributed by atoms with Crippen LogP contribution in [-0.4, -0.2) is 28.8 Å². The third-order valence-electron chi connectivity index (χ3n) is 5.45. The summed E-state index contributed by atoms with van der Waals surface area (Å²) in [6.07, 6.45) is 1.20. The van der Waals surface area contributed by atoms with Crippen LogP contribution < -0.4 is 15.4 Å². The Labute approximate surface area is 205 Å². The molecule has 0 radical (unpaired) electrons. The molecule has 35 heavy (non-hydrogen) atoms. The minimum Gasteiger partial charge on any atom is -0.497 e. The fourth-order valence-corrected chi connectivity index (χ4v) is 3.72. The summed E-state index contributed by atoms with van der Waals surface area (Å²) in [4.78, 5) is 21.7. The smallest absolute Gasteiger partial charge is 0.412 e. The van der Waals surface area contributed by atoms with E-state index < -0.39 is 11.7 Å². The van der Waals surface area contributed by atoms with E-state index >= 15 is 0 Å². The van der Waals surface area contributed by atoms with Crippen LogP contribution in [0.2, 0.25) is 0 Å². The highest BCUT2D eigenvalue weighted by atomic mass is 16.6. The summed E-state index contributed by atoms with van der Waals surface area (Å²) in [5.41, 5.74) is 3.97. The number of benzene rings is 3. The third-order valence-corrected chi connectivity index (χ3v) is 5.45. The number of carbonyl (C=O) groups is 1. The van der Waals surface area contributed by atoms with Crippen molar-refractivity contribution in [1.29, 1.82) is 0 Å². The van der Waals surface area contributed by atoms with Crippen LogP contribution in [0.15, 0.2) is 66.9 Å². The number of anilines is 2. The van der Waals surface area contributed by atoms with Gasteiger partial charge in [-0.2, -0.15) is 0 Å². The lowest BCUT2D eigenvalue weighted by Crippen LogP contribution is -2.27. The molecule has 2 N–H and O–H groups in total. The fraction of sp³-hybridized carbons (Fsp3) is 0.250. The molecule has 0 spiro atoms. The van der Waals surface area contributed by atoms with Gasteiger partial charge in [0.15, 0.2) is 0 Å². The van der Waals surface area contributed by atoms with E-state index in [1.807, 2.05) is 69.3 Å². The van der Waals surface area contributed by atoms with Crippen LogP contribution in [0.4, 0.5) is 16.4 Å². The second kappa shape index (κ2) is 10.0. The lowest BCUT2D eigenvalue weighted by atomic mass is 10.0. The van der Waals surface area contributed by atoms with Crippen LogP contribution in [0.1, 0.15) is 31.9 Å². The number of ether oxygens (including phenoxy) is 2. The maximum Gasteiger partial charge on any atom is 0.412 e. The Morgan fingerprint density at radius 1 is 1.03 bits per heavy atom. The molecule has 3 aromatic carbocycles. The van der Waals surface area contributed by atoms with Crippen molar-refractivity contribution in [2.24, 2.45) is 0 Å². The van der Waals surface area contributed by atoms with Gasteiger partial charge in [0.1, 0.15) is 11.4 Å². The summed E-state index contributed by atoms with van der Waals surface area (Å²) in [6, 6.07) is 19.7. The van der Waals surface area contributed by atoms with Crippen LogP contribution in [0.25, 0.3) is 22.0 Å². The molecule has 7 nitrogen and oxygen atoms in total. The average molecular weight is 471 g/mol. The molecule has 0 aliphatic rings. The largest absolute Gasteiger partial charge is 0.497 e. The highest BCUT2D eigenvalue weighted by Gasteiger charge is 2.18. The number of fused-ring (bicyclic) bond motifs is 1. The van der Waals surface area contributed by atoms with Crippen LogP contribution in [0.3, 0.4) is 0 Å². The predicted molar refractivity (Wildman–Crippen MR) is 140 cm³/mol. The highest BCUT2D eigenvalue weighted by molar-refractivity contribution is 6.03. The number of aryl methyl sites for hydroxylation is 1. The van der Waals surface area contributed by atoms with Crippen molar-refractivity contribution in [2.45, 2.75) is 39.8 Å². The summed E-state index contributed by atoms with van der Waals surface area (Å²) >= 11 is 0. The summed E-state index contributed by atoms with van der Waals surface area (Å²) in [7, 11) is 1.61. The van der Waals surface area contributed by atoms with Gasteiger partial charge in [-0.15, -0.1) is 0 Å². The van der Waals surface area contributed by atoms with E-state index in [-0.39, 0.29) is 0 Å². The SMILES string of the molecule is COc1ccc2cc(-c3ccnc(NCc4ccccc4C)n3)cc(NC(=O)OC(C)(C)C)c2c1. The monoisotopic (exact) mass is 470 g/mol. The summed E-state index contributed by atoms with van der Waals surface area (Å²) in [6.45, 7) is 8.19. The molecule has 0 saturated heterocycles. The first-order valence-electron chi connectivity index (χ1n) is 11.5. The predicted octanol–water partition coefficient (Wildman–Crippen LogP) is 6.57. The van der Waals surface area contributed by atoms with Crippen molar-refractivity contribution in [3.63, 3.8) is 0 Å². The van der Waals surface area contributed by atoms with Crippen molar-refractivity contribution in [2.75, 3.05) is 17.7 Å². The number of nitrogens with one attached hydrogen (secondary N) is 2. The molecule has 180 valence electrons. The molecule has 1 heterocycles. The first kappa shape index (κ1) is 24.0. The number of methoxy groups -OCH3 is 1. The Morgan fingerprint density at radius 2 is 1.83 bits per heavy atom. The van der Waals surface area contributed by atoms with Gasteiger partial charge >= 0.3 is 6.09 Å². The average Bonchev–Trinajstić information content (AvgIpc) is 2.82. The molecule has 0 atom stereocenters. The van der Waals surface area contributed by atoms with Crippen molar-refractivity contribution >= 4 is 28.5 Å². The van der Waals surface area contributed by atoms with Crippen LogP contribution in [-0.2, 0) is 11.3 Å². The van der Waals surface area contributed by atoms with Crippen LogP contribution >= 0.6 is 0 Å². The van der Waals surface area contributed by atoms with Gasteiger partial charge in [-0.1, -0.05) is 30.3 Å². The fourth-order valence-electron chi connectivity index (χ4n) is 3.72. The van der Waals surface area contributed by atoms with Gasteiger partial charge in [0.2, 0.25) is 5.95 Å². The molecular formula is C28H30N4O3. The molecule has 0 saturated carbocycles. The molecule has 1 aromatic heterocycles. The number of rotatable bonds is 6. The zero-order valence-electron chi connectivity index (χ0n) is 20.7. The number of hydrogen-bond acceptors (Lipinski definition) is 6. The molecule has 0 aliphatic carbocycles. The second-order valence-corrected chi connectivity index (χ2v) is 9.28. The van der Waals surface area contributed by atoms with E-state index in [1.165, 1.54) is 11.1 Å². The first-order valence-corrected chi connectivity index (χ1v) is 11.5. The Kier molecular flexibility index (Phi) is 6.87. The topological polar surface area (TPSA) is 85.4 Å². The minimum atomic E-state index is -0.612. The molecule has 0 bridgehead atoms. The molecule has 7 heteroatoms. The maximum atomic E-state index is 12.6. The van der Waals surface area contributed by atoms with E-state index in [1.54, 1.807) is 13.3 Å². The van der Waals surface area contributed by atoms with Crippen molar-refractivity contribution < 1.29 is 14.3 Å². The number of nitrogens with zero attached hydrogens (tertiary/aromatic N) is 2. The molecule has 4 aromatic rings. The van der Waals surface area contributed by atoms with Crippen molar-refractivity contribution in [3.8, 4) is 17.0 Å². The van der Waals surface area contributed by atoms with Gasteiger partial charge in [-0.25, -0.2) is 14.8 Å². The molecule has 0 unspecified atom stereocenters. The van der Waals surface area contributed by atoms with Gasteiger partial charge in [0.25, 0.3) is 0 Å². The van der Waals surface area contributed by atoms with E-state index in [2.05, 4.69) is 34.7 Å². The Balaban J connectivity index is 1.67. The zero-order valence-corrected chi connectivity index (χ0v) is 20.7. The van der Waals surface area contributed by atoms with Gasteiger partial charge in [0.05, 0.1) is 18.5 Å². The van der Waals surface area contributed by atoms with E-state index in [4.69, 9.17) is 14.5 Å². The van der Waals surface area contributed by atoms with Gasteiger partial charge in [-0.3, -0.25) is 5.32 Å². The Hall–Kier alpha value is -4.13. The van der Waals surface area contributed by atoms with Crippen molar-refractivity contribution in [3.05, 3.63) is 78.0 Å². The first-order chi connectivity index (χ1) is 16.7. The van der Waals surface area contributed by atoms with Gasteiger partial charge in [-0.05, 0) is 74.5 Å². The highest BCUT2D eigenvalue weighted by Crippen LogP contribution is 2.33. The molecular weight excluding hydrogens is 440 g/mol. The quantitative estimate of drug-likeness (QED) is 0.331. The van der Waals surface area contributed by atoms with Crippen LogP contribution in [0, 0.1) is 6.92 Å². The normalized spacial score (nSPS) is 11.2. The van der Waals surface area contributed by atoms with E-state index in [9.17, 15) is 4.79 Å². The molecule has 0 fully saturated rings. The van der Waals surface area contributed by atoms with Crippen molar-refractivity contribution in [1.82, 2.24) is 9.97 Å². The number of hydrogen-bond donors (Lipinski definition) is 2. The third kappa shape index (κ3) is 6.06. The Morgan fingerprint density at radius 3 is 2.57 bits per heavy atom. The van der Waals surface area contributed by atoms with E-state index in [0.29, 0.717) is 23.9 Å². The maximum absolute atomic E-state index is 12.6. The lowest BCUT2D eigenvalue weighted by molar-refractivity contribution is 0.0636. The second-order valence-electron chi connectivity index (χ2n) is 9.28. The number of amides is 1. The number of aromatic nitrogens is 2. The van der Waals surface area contributed by atoms with Gasteiger partial charge < -0.3 is 14.8 Å². The summed E-state index contributed by atoms with van der Waals surface area (Å²) in [5, 5.41) is 7.97. The van der Waals surface area contributed by atoms with Gasteiger partial charge in [0, 0.05) is 23.7 Å². The molecule has 4 rings (SSSR count). The minimum absolute atomic E-state index is 0.526. The Bertz CT molecular complexity index is 1360. The standard InChI is InChI=1S/C28H30N4O3/c1-18-8-6-7-9-20(18)17-30-26-29-13-12-24(31-26)21-14-19-10-11-22(34-5)16-23(19)25(15-21)32-27(33)35-28(2,3)4/h6-16H,17H2,1-5H3,(H,32,33)(H,29,30,31).